The molecule has 0 spiro atoms. The van der Waals surface area contributed by atoms with Crippen LogP contribution in [0.5, 0.6) is 0 Å². The van der Waals surface area contributed by atoms with E-state index < -0.39 is 23.8 Å². The molecule has 0 atom stereocenters. The number of imide groups is 1. The van der Waals surface area contributed by atoms with Crippen LogP contribution in [-0.4, -0.2) is 23.8 Å². The first-order valence-electron chi connectivity index (χ1n) is 1.85. The lowest BCUT2D eigenvalue weighted by Crippen LogP contribution is -2.28. The molecule has 6 heteroatoms. The number of hydrogen-bond donors (Lipinski definition) is 0. The number of hydrogen-bond acceptors (Lipinski definition) is 2. The molecule has 0 unspecified atom stereocenters. The third-order valence-electron chi connectivity index (χ3n) is 0.494. The second-order valence-corrected chi connectivity index (χ2v) is 1.07. The van der Waals surface area contributed by atoms with Gasteiger partial charge in [0.25, 0.3) is 5.91 Å². The molecule has 0 saturated carbocycles. The summed E-state index contributed by atoms with van der Waals surface area (Å²) in [6, 6.07) is 0. The van der Waals surface area contributed by atoms with Gasteiger partial charge in [-0.15, -0.1) is 0 Å². The Morgan fingerprint density at radius 2 is 1.89 bits per heavy atom. The summed E-state index contributed by atoms with van der Waals surface area (Å²) in [5.74, 6) is -1.78. The minimum absolute atomic E-state index is 1.32. The molecule has 0 N–H and O–H groups in total. The number of amides is 2. The maximum Gasteiger partial charge on any atom is 0.488 e. The Kier molecular flexibility index (Phi) is 2.56. The van der Waals surface area contributed by atoms with Crippen molar-refractivity contribution in [3.63, 3.8) is 0 Å². The van der Waals surface area contributed by atoms with E-state index in [1.54, 1.807) is 0 Å². The standard InChI is InChI=1S/C3H2F2NO3/c4-1-2(7)6(5)3(8)9/h1H2. The second-order valence-electron chi connectivity index (χ2n) is 1.07. The Bertz CT molecular complexity index is 137. The van der Waals surface area contributed by atoms with Crippen LogP contribution in [0.1, 0.15) is 0 Å². The van der Waals surface area contributed by atoms with Gasteiger partial charge in [0.05, 0.1) is 0 Å². The highest BCUT2D eigenvalue weighted by Gasteiger charge is 2.21. The minimum Gasteiger partial charge on any atom is -0.269 e. The smallest absolute Gasteiger partial charge is 0.269 e. The van der Waals surface area contributed by atoms with Gasteiger partial charge in [0.1, 0.15) is 0 Å². The topological polar surface area (TPSA) is 57.3 Å². The molecule has 0 aromatic rings. The average Bonchev–Trinajstić information content (AvgIpc) is 1.84. The van der Waals surface area contributed by atoms with E-state index in [2.05, 4.69) is 0 Å². The average molecular weight is 138 g/mol. The summed E-state index contributed by atoms with van der Waals surface area (Å²) in [5, 5.41) is 8.03. The van der Waals surface area contributed by atoms with E-state index in [0.29, 0.717) is 0 Å². The molecule has 0 heterocycles. The normalized spacial score (nSPS) is 8.67. The fourth-order valence-electron chi connectivity index (χ4n) is 0.154. The fourth-order valence-corrected chi connectivity index (χ4v) is 0.154. The minimum atomic E-state index is -2.36. The zero-order valence-corrected chi connectivity index (χ0v) is 4.13. The van der Waals surface area contributed by atoms with Gasteiger partial charge in [0.2, 0.25) is 0 Å². The molecule has 0 aromatic heterocycles. The third-order valence-corrected chi connectivity index (χ3v) is 0.494. The van der Waals surface area contributed by atoms with Crippen LogP contribution in [0.3, 0.4) is 0 Å². The van der Waals surface area contributed by atoms with Gasteiger partial charge in [-0.2, -0.15) is 0 Å². The highest BCUT2D eigenvalue weighted by atomic mass is 19.2. The first kappa shape index (κ1) is 7.80. The van der Waals surface area contributed by atoms with E-state index in [-0.39, 0.29) is 0 Å². The van der Waals surface area contributed by atoms with Gasteiger partial charge in [0, 0.05) is 0 Å². The molecule has 0 aromatic carbocycles. The van der Waals surface area contributed by atoms with Crippen molar-refractivity contribution in [1.82, 2.24) is 5.12 Å². The summed E-state index contributed by atoms with van der Waals surface area (Å²) in [6.45, 7) is -1.69. The molecular formula is C3H2F2NO3. The summed E-state index contributed by atoms with van der Waals surface area (Å²) in [7, 11) is 0. The molecule has 0 rings (SSSR count). The lowest BCUT2D eigenvalue weighted by Gasteiger charge is -1.97. The van der Waals surface area contributed by atoms with Crippen molar-refractivity contribution in [1.29, 1.82) is 0 Å². The predicted octanol–water partition coefficient (Wildman–Crippen LogP) is 0.220. The van der Waals surface area contributed by atoms with E-state index in [9.17, 15) is 23.6 Å². The van der Waals surface area contributed by atoms with Crippen LogP contribution in [-0.2, 0) is 9.90 Å². The number of nitrogens with zero attached hydrogens (tertiary/aromatic N) is 1. The predicted molar refractivity (Wildman–Crippen MR) is 20.0 cm³/mol. The van der Waals surface area contributed by atoms with Crippen molar-refractivity contribution >= 4 is 12.0 Å². The van der Waals surface area contributed by atoms with Crippen LogP contribution in [0, 0.1) is 0 Å². The van der Waals surface area contributed by atoms with Gasteiger partial charge in [0.15, 0.2) is 6.67 Å². The molecule has 1 radical (unpaired) electrons. The molecule has 0 saturated heterocycles. The molecule has 2 amide bonds. The lowest BCUT2D eigenvalue weighted by atomic mass is 10.7. The highest BCUT2D eigenvalue weighted by Crippen LogP contribution is 1.91. The highest BCUT2D eigenvalue weighted by molar-refractivity contribution is 5.89. The zero-order chi connectivity index (χ0) is 7.44. The zero-order valence-electron chi connectivity index (χ0n) is 4.13. The van der Waals surface area contributed by atoms with Crippen LogP contribution in [0.15, 0.2) is 0 Å². The Morgan fingerprint density at radius 1 is 1.44 bits per heavy atom. The van der Waals surface area contributed by atoms with E-state index in [4.69, 9.17) is 0 Å². The van der Waals surface area contributed by atoms with Crippen LogP contribution >= 0.6 is 0 Å². The monoisotopic (exact) mass is 138 g/mol. The van der Waals surface area contributed by atoms with Gasteiger partial charge in [-0.1, -0.05) is 9.60 Å². The van der Waals surface area contributed by atoms with Crippen molar-refractivity contribution in [2.24, 2.45) is 0 Å². The fraction of sp³-hybridized carbons (Fsp3) is 0.333. The molecule has 51 valence electrons. The van der Waals surface area contributed by atoms with E-state index in [1.807, 2.05) is 0 Å². The van der Waals surface area contributed by atoms with Crippen molar-refractivity contribution < 1.29 is 23.6 Å². The Morgan fingerprint density at radius 3 is 2.00 bits per heavy atom. The molecule has 0 aliphatic rings. The third kappa shape index (κ3) is 2.02. The molecule has 0 aliphatic carbocycles. The Hall–Kier alpha value is -1.20. The molecule has 0 fully saturated rings. The van der Waals surface area contributed by atoms with Gasteiger partial charge >= 0.3 is 6.09 Å². The van der Waals surface area contributed by atoms with Gasteiger partial charge in [-0.25, -0.2) is 14.3 Å². The van der Waals surface area contributed by atoms with Crippen molar-refractivity contribution in [3.8, 4) is 0 Å². The summed E-state index contributed by atoms with van der Waals surface area (Å²) in [6.07, 6.45) is -2.36. The molecule has 9 heavy (non-hydrogen) atoms. The van der Waals surface area contributed by atoms with E-state index in [1.165, 1.54) is 0 Å². The summed E-state index contributed by atoms with van der Waals surface area (Å²) < 4.78 is 22.6. The van der Waals surface area contributed by atoms with Gasteiger partial charge in [-0.05, 0) is 0 Å². The number of rotatable bonds is 1. The molecule has 0 bridgehead atoms. The SMILES string of the molecule is [O]C(=O)N(F)C(=O)CF. The maximum atomic E-state index is 11.5. The largest absolute Gasteiger partial charge is 0.488 e. The lowest BCUT2D eigenvalue weighted by molar-refractivity contribution is -0.143. The maximum absolute atomic E-state index is 11.5. The second kappa shape index (κ2) is 2.95. The van der Waals surface area contributed by atoms with Crippen molar-refractivity contribution in [3.05, 3.63) is 0 Å². The van der Waals surface area contributed by atoms with Gasteiger partial charge in [-0.3, -0.25) is 4.79 Å². The van der Waals surface area contributed by atoms with Crippen LogP contribution < -0.4 is 0 Å². The van der Waals surface area contributed by atoms with E-state index >= 15 is 0 Å². The van der Waals surface area contributed by atoms with Gasteiger partial charge < -0.3 is 0 Å². The quantitative estimate of drug-likeness (QED) is 0.486. The Labute approximate surface area is 48.6 Å². The molecule has 0 aliphatic heterocycles. The summed E-state index contributed by atoms with van der Waals surface area (Å²) >= 11 is 0. The number of carbonyl (C=O) groups is 2. The summed E-state index contributed by atoms with van der Waals surface area (Å²) in [5.41, 5.74) is 0. The number of alkyl halides is 1. The van der Waals surface area contributed by atoms with Crippen LogP contribution in [0.25, 0.3) is 0 Å². The van der Waals surface area contributed by atoms with Crippen LogP contribution in [0.2, 0.25) is 0 Å². The van der Waals surface area contributed by atoms with E-state index in [0.717, 1.165) is 0 Å². The van der Waals surface area contributed by atoms with Crippen molar-refractivity contribution in [2.45, 2.75) is 0 Å². The number of carbonyl (C=O) groups excluding carboxylic acids is 2. The molecular weight excluding hydrogens is 136 g/mol. The van der Waals surface area contributed by atoms with Crippen LogP contribution in [0.4, 0.5) is 13.7 Å². The molecule has 4 nitrogen and oxygen atoms in total. The first-order chi connectivity index (χ1) is 4.09. The number of halogens is 2. The Balaban J connectivity index is 3.88. The summed E-state index contributed by atoms with van der Waals surface area (Å²) in [4.78, 5) is 19.1. The van der Waals surface area contributed by atoms with Crippen molar-refractivity contribution in [2.75, 3.05) is 6.67 Å². The first-order valence-corrected chi connectivity index (χ1v) is 1.85.